The highest BCUT2D eigenvalue weighted by atomic mass is 35.5. The van der Waals surface area contributed by atoms with Gasteiger partial charge in [0, 0.05) is 0 Å². The van der Waals surface area contributed by atoms with E-state index < -0.39 is 4.92 Å². The smallest absolute Gasteiger partial charge is 0.358 e. The molecule has 1 rings (SSSR count). The molecule has 0 aliphatic rings. The maximum atomic E-state index is 9.79. The lowest BCUT2D eigenvalue weighted by molar-refractivity contribution is -0.389. The van der Waals surface area contributed by atoms with E-state index in [9.17, 15) is 10.1 Å². The molecule has 6 heteroatoms. The van der Waals surface area contributed by atoms with Crippen LogP contribution < -0.4 is 0 Å². The fourth-order valence-corrected chi connectivity index (χ4v) is 0.354. The maximum Gasteiger partial charge on any atom is 0.389 e. The van der Waals surface area contributed by atoms with Gasteiger partial charge in [-0.15, -0.1) is 12.4 Å². The molecule has 1 heterocycles. The number of nitrogens with one attached hydrogen (secondary N) is 1. The minimum atomic E-state index is -0.559. The quantitative estimate of drug-likeness (QED) is 0.473. The Balaban J connectivity index is 0.000000640. The van der Waals surface area contributed by atoms with Crippen LogP contribution in [-0.2, 0) is 0 Å². The molecule has 0 atom stereocenters. The lowest BCUT2D eigenvalue weighted by Gasteiger charge is -1.80. The van der Waals surface area contributed by atoms with Gasteiger partial charge in [-0.05, 0) is 4.92 Å². The number of hydrogen-bond donors (Lipinski definition) is 1. The van der Waals surface area contributed by atoms with Crippen molar-refractivity contribution in [2.24, 2.45) is 0 Å². The van der Waals surface area contributed by atoms with Crippen LogP contribution in [0.5, 0.6) is 0 Å². The second-order valence-electron chi connectivity index (χ2n) is 1.19. The van der Waals surface area contributed by atoms with Crippen LogP contribution in [0, 0.1) is 10.1 Å². The molecule has 0 amide bonds. The molecule has 5 nitrogen and oxygen atoms in total. The van der Waals surface area contributed by atoms with Crippen LogP contribution in [-0.4, -0.2) is 15.1 Å². The minimum absolute atomic E-state index is 0. The van der Waals surface area contributed by atoms with Crippen molar-refractivity contribution in [3.63, 3.8) is 0 Å². The van der Waals surface area contributed by atoms with Crippen LogP contribution >= 0.6 is 12.4 Å². The van der Waals surface area contributed by atoms with E-state index in [1.165, 1.54) is 12.3 Å². The summed E-state index contributed by atoms with van der Waals surface area (Å²) in [6, 6.07) is 1.29. The van der Waals surface area contributed by atoms with Gasteiger partial charge in [-0.2, -0.15) is 5.10 Å². The molecule has 0 saturated heterocycles. The van der Waals surface area contributed by atoms with Gasteiger partial charge in [0.1, 0.15) is 0 Å². The molecule has 0 spiro atoms. The van der Waals surface area contributed by atoms with E-state index in [0.29, 0.717) is 0 Å². The van der Waals surface area contributed by atoms with Crippen molar-refractivity contribution in [2.45, 2.75) is 0 Å². The third kappa shape index (κ3) is 1.69. The first-order valence-electron chi connectivity index (χ1n) is 1.95. The Labute approximate surface area is 56.6 Å². The van der Waals surface area contributed by atoms with Crippen molar-refractivity contribution >= 4 is 18.2 Å². The summed E-state index contributed by atoms with van der Waals surface area (Å²) in [6.07, 6.45) is 1.40. The summed E-state index contributed by atoms with van der Waals surface area (Å²) >= 11 is 0. The Bertz CT molecular complexity index is 185. The average Bonchev–Trinajstić information content (AvgIpc) is 2.12. The Hall–Kier alpha value is -1.10. The zero-order valence-electron chi connectivity index (χ0n) is 4.27. The number of hydrogen-bond acceptors (Lipinski definition) is 3. The normalized spacial score (nSPS) is 8.00. The molecule has 0 aliphatic heterocycles. The van der Waals surface area contributed by atoms with Crippen LogP contribution in [0.3, 0.4) is 0 Å². The third-order valence-corrected chi connectivity index (χ3v) is 0.673. The SMILES string of the molecule is Cl.O=[N+]([O-])c1cc[nH]n1. The molecular formula is C3H4ClN3O2. The fraction of sp³-hybridized carbons (Fsp3) is 0. The van der Waals surface area contributed by atoms with Crippen molar-refractivity contribution in [3.05, 3.63) is 22.4 Å². The summed E-state index contributed by atoms with van der Waals surface area (Å²) in [4.78, 5) is 9.23. The Morgan fingerprint density at radius 3 is 2.67 bits per heavy atom. The van der Waals surface area contributed by atoms with Crippen molar-refractivity contribution < 1.29 is 4.92 Å². The number of aromatic amines is 1. The molecule has 1 aromatic heterocycles. The van der Waals surface area contributed by atoms with Crippen LogP contribution in [0.1, 0.15) is 0 Å². The van der Waals surface area contributed by atoms with E-state index in [2.05, 4.69) is 10.2 Å². The van der Waals surface area contributed by atoms with Gasteiger partial charge in [0.05, 0.1) is 17.4 Å². The topological polar surface area (TPSA) is 71.8 Å². The summed E-state index contributed by atoms with van der Waals surface area (Å²) in [5, 5.41) is 15.4. The first-order valence-corrected chi connectivity index (χ1v) is 1.95. The molecule has 9 heavy (non-hydrogen) atoms. The molecule has 1 aromatic rings. The first-order chi connectivity index (χ1) is 3.80. The summed E-state index contributed by atoms with van der Waals surface area (Å²) in [6.45, 7) is 0. The molecule has 50 valence electrons. The summed E-state index contributed by atoms with van der Waals surface area (Å²) in [5.41, 5.74) is 0. The average molecular weight is 150 g/mol. The van der Waals surface area contributed by atoms with Crippen LogP contribution in [0.4, 0.5) is 5.82 Å². The highest BCUT2D eigenvalue weighted by Crippen LogP contribution is 2.00. The monoisotopic (exact) mass is 149 g/mol. The second-order valence-corrected chi connectivity index (χ2v) is 1.19. The molecular weight excluding hydrogens is 146 g/mol. The minimum Gasteiger partial charge on any atom is -0.358 e. The Morgan fingerprint density at radius 2 is 2.44 bits per heavy atom. The predicted octanol–water partition coefficient (Wildman–Crippen LogP) is 0.740. The van der Waals surface area contributed by atoms with E-state index in [0.717, 1.165) is 0 Å². The summed E-state index contributed by atoms with van der Waals surface area (Å²) in [7, 11) is 0. The number of nitrogens with zero attached hydrogens (tertiary/aromatic N) is 2. The molecule has 0 bridgehead atoms. The molecule has 0 fully saturated rings. The molecule has 0 aliphatic carbocycles. The predicted molar refractivity (Wildman–Crippen MR) is 32.5 cm³/mol. The lowest BCUT2D eigenvalue weighted by Crippen LogP contribution is -1.86. The van der Waals surface area contributed by atoms with Gasteiger partial charge >= 0.3 is 5.82 Å². The van der Waals surface area contributed by atoms with Crippen molar-refractivity contribution in [2.75, 3.05) is 0 Å². The van der Waals surface area contributed by atoms with Crippen molar-refractivity contribution in [1.82, 2.24) is 10.2 Å². The number of H-pyrrole nitrogens is 1. The van der Waals surface area contributed by atoms with Crippen LogP contribution in [0.15, 0.2) is 12.3 Å². The first kappa shape index (κ1) is 7.90. The van der Waals surface area contributed by atoms with Crippen LogP contribution in [0.25, 0.3) is 0 Å². The molecule has 0 aromatic carbocycles. The van der Waals surface area contributed by atoms with Gasteiger partial charge in [-0.25, -0.2) is 0 Å². The van der Waals surface area contributed by atoms with E-state index in [-0.39, 0.29) is 18.2 Å². The van der Waals surface area contributed by atoms with Gasteiger partial charge in [-0.3, -0.25) is 0 Å². The fourth-order valence-electron chi connectivity index (χ4n) is 0.354. The highest BCUT2D eigenvalue weighted by molar-refractivity contribution is 5.85. The van der Waals surface area contributed by atoms with E-state index in [4.69, 9.17) is 0 Å². The summed E-state index contributed by atoms with van der Waals surface area (Å²) in [5.74, 6) is -0.148. The van der Waals surface area contributed by atoms with Gasteiger partial charge in [0.15, 0.2) is 0 Å². The number of rotatable bonds is 1. The molecule has 0 saturated carbocycles. The maximum absolute atomic E-state index is 9.79. The third-order valence-electron chi connectivity index (χ3n) is 0.673. The van der Waals surface area contributed by atoms with E-state index in [1.54, 1.807) is 0 Å². The summed E-state index contributed by atoms with van der Waals surface area (Å²) < 4.78 is 0. The molecule has 0 unspecified atom stereocenters. The highest BCUT2D eigenvalue weighted by Gasteiger charge is 2.03. The Morgan fingerprint density at radius 1 is 1.78 bits per heavy atom. The largest absolute Gasteiger partial charge is 0.389 e. The number of nitro groups is 1. The van der Waals surface area contributed by atoms with E-state index >= 15 is 0 Å². The van der Waals surface area contributed by atoms with Gasteiger partial charge in [0.2, 0.25) is 0 Å². The van der Waals surface area contributed by atoms with Crippen molar-refractivity contribution in [3.8, 4) is 0 Å². The van der Waals surface area contributed by atoms with Crippen LogP contribution in [0.2, 0.25) is 0 Å². The zero-order valence-corrected chi connectivity index (χ0v) is 5.09. The van der Waals surface area contributed by atoms with Gasteiger partial charge in [0.25, 0.3) is 0 Å². The molecule has 1 N–H and O–H groups in total. The molecule has 0 radical (unpaired) electrons. The zero-order chi connectivity index (χ0) is 5.98. The van der Waals surface area contributed by atoms with Crippen molar-refractivity contribution in [1.29, 1.82) is 0 Å². The van der Waals surface area contributed by atoms with Gasteiger partial charge in [-0.1, -0.05) is 0 Å². The Kier molecular flexibility index (Phi) is 2.66. The number of aromatic nitrogens is 2. The lowest BCUT2D eigenvalue weighted by atomic mass is 10.7. The standard InChI is InChI=1S/C3H3N3O2.ClH/c7-6(8)3-1-2-4-5-3;/h1-2H,(H,4,5);1H. The van der Waals surface area contributed by atoms with Gasteiger partial charge < -0.3 is 10.1 Å². The van der Waals surface area contributed by atoms with E-state index in [1.807, 2.05) is 0 Å². The number of halogens is 1. The second kappa shape index (κ2) is 3.03.